The average molecular weight is 288 g/mol. The van der Waals surface area contributed by atoms with Gasteiger partial charge >= 0.3 is 0 Å². The van der Waals surface area contributed by atoms with E-state index in [4.69, 9.17) is 33.2 Å². The van der Waals surface area contributed by atoms with Gasteiger partial charge in [-0.25, -0.2) is 0 Å². The van der Waals surface area contributed by atoms with Crippen LogP contribution in [0, 0.1) is 16.7 Å². The van der Waals surface area contributed by atoms with Gasteiger partial charge in [0.25, 0.3) is 0 Å². The molecule has 0 aliphatic carbocycles. The van der Waals surface area contributed by atoms with Crippen molar-refractivity contribution < 1.29 is 9.84 Å². The second-order valence-corrected chi connectivity index (χ2v) is 5.47. The zero-order valence-corrected chi connectivity index (χ0v) is 11.8. The number of hydrogen-bond donors (Lipinski definition) is 1. The highest BCUT2D eigenvalue weighted by Gasteiger charge is 2.17. The molecule has 0 aliphatic rings. The van der Waals surface area contributed by atoms with Crippen LogP contribution < -0.4 is 4.74 Å². The molecule has 0 aromatic heterocycles. The van der Waals surface area contributed by atoms with Crippen molar-refractivity contribution in [1.82, 2.24) is 0 Å². The molecule has 0 unspecified atom stereocenters. The third kappa shape index (κ3) is 4.06. The number of nitriles is 1. The molecule has 3 nitrogen and oxygen atoms in total. The summed E-state index contributed by atoms with van der Waals surface area (Å²) in [7, 11) is 0. The van der Waals surface area contributed by atoms with Gasteiger partial charge in [0.2, 0.25) is 0 Å². The van der Waals surface area contributed by atoms with Crippen LogP contribution in [0.2, 0.25) is 10.0 Å². The van der Waals surface area contributed by atoms with Gasteiger partial charge in [-0.1, -0.05) is 23.2 Å². The molecule has 1 aromatic carbocycles. The monoisotopic (exact) mass is 287 g/mol. The fourth-order valence-electron chi connectivity index (χ4n) is 1.36. The van der Waals surface area contributed by atoms with Gasteiger partial charge in [0.15, 0.2) is 0 Å². The van der Waals surface area contributed by atoms with Gasteiger partial charge < -0.3 is 9.84 Å². The predicted molar refractivity (Wildman–Crippen MR) is 71.9 cm³/mol. The van der Waals surface area contributed by atoms with Gasteiger partial charge in [-0.05, 0) is 32.4 Å². The molecule has 0 fully saturated rings. The van der Waals surface area contributed by atoms with Crippen LogP contribution in [0.1, 0.15) is 25.8 Å². The fraction of sp³-hybridized carbons (Fsp3) is 0.462. The summed E-state index contributed by atoms with van der Waals surface area (Å²) < 4.78 is 5.55. The van der Waals surface area contributed by atoms with Crippen molar-refractivity contribution in [3.63, 3.8) is 0 Å². The highest BCUT2D eigenvalue weighted by atomic mass is 35.5. The number of hydrogen-bond acceptors (Lipinski definition) is 3. The van der Waals surface area contributed by atoms with Crippen LogP contribution in [0.4, 0.5) is 0 Å². The highest BCUT2D eigenvalue weighted by molar-refractivity contribution is 6.35. The van der Waals surface area contributed by atoms with Crippen LogP contribution >= 0.6 is 23.2 Å². The Morgan fingerprint density at radius 2 is 2.06 bits per heavy atom. The molecular formula is C13H15Cl2NO2. The zero-order valence-electron chi connectivity index (χ0n) is 10.3. The molecule has 0 aliphatic heterocycles. The van der Waals surface area contributed by atoms with Crippen molar-refractivity contribution in [2.45, 2.75) is 26.9 Å². The Hall–Kier alpha value is -0.950. The van der Waals surface area contributed by atoms with E-state index in [1.54, 1.807) is 12.1 Å². The Labute approximate surface area is 117 Å². The van der Waals surface area contributed by atoms with E-state index in [0.717, 1.165) is 0 Å². The molecule has 0 saturated carbocycles. The van der Waals surface area contributed by atoms with Crippen molar-refractivity contribution >= 4 is 23.2 Å². The van der Waals surface area contributed by atoms with Crippen molar-refractivity contribution in [1.29, 1.82) is 5.26 Å². The number of aliphatic hydroxyl groups is 1. The van der Waals surface area contributed by atoms with Crippen LogP contribution in [-0.4, -0.2) is 11.7 Å². The summed E-state index contributed by atoms with van der Waals surface area (Å²) in [4.78, 5) is 0. The number of aliphatic hydroxyl groups excluding tert-OH is 1. The lowest BCUT2D eigenvalue weighted by Crippen LogP contribution is -2.13. The van der Waals surface area contributed by atoms with Gasteiger partial charge in [0.05, 0.1) is 29.7 Å². The molecule has 0 amide bonds. The van der Waals surface area contributed by atoms with Gasteiger partial charge in [-0.15, -0.1) is 0 Å². The molecule has 5 heteroatoms. The molecule has 98 valence electrons. The molecule has 0 atom stereocenters. The summed E-state index contributed by atoms with van der Waals surface area (Å²) in [5.41, 5.74) is 0.0976. The maximum absolute atomic E-state index is 9.22. The van der Waals surface area contributed by atoms with Crippen LogP contribution in [0.25, 0.3) is 0 Å². The predicted octanol–water partition coefficient (Wildman–Crippen LogP) is 3.80. The first kappa shape index (κ1) is 15.1. The Balaban J connectivity index is 2.77. The van der Waals surface area contributed by atoms with E-state index in [0.29, 0.717) is 34.4 Å². The minimum Gasteiger partial charge on any atom is -0.492 e. The summed E-state index contributed by atoms with van der Waals surface area (Å²) in [5, 5.41) is 18.9. The van der Waals surface area contributed by atoms with Crippen molar-refractivity contribution in [2.75, 3.05) is 6.61 Å². The summed E-state index contributed by atoms with van der Waals surface area (Å²) in [6.07, 6.45) is 0.577. The third-order valence-corrected chi connectivity index (χ3v) is 3.03. The first-order valence-corrected chi connectivity index (χ1v) is 6.28. The van der Waals surface area contributed by atoms with Crippen LogP contribution in [0.3, 0.4) is 0 Å². The lowest BCUT2D eigenvalue weighted by molar-refractivity contribution is 0.244. The Morgan fingerprint density at radius 3 is 2.61 bits per heavy atom. The molecule has 0 radical (unpaired) electrons. The summed E-state index contributed by atoms with van der Waals surface area (Å²) >= 11 is 11.8. The van der Waals surface area contributed by atoms with E-state index in [2.05, 4.69) is 6.07 Å². The Morgan fingerprint density at radius 1 is 1.39 bits per heavy atom. The smallest absolute Gasteiger partial charge is 0.143 e. The number of rotatable bonds is 5. The average Bonchev–Trinajstić information content (AvgIpc) is 2.31. The van der Waals surface area contributed by atoms with E-state index < -0.39 is 5.41 Å². The quantitative estimate of drug-likeness (QED) is 0.896. The summed E-state index contributed by atoms with van der Waals surface area (Å²) in [5.74, 6) is 0.428. The molecular weight excluding hydrogens is 273 g/mol. The molecule has 1 rings (SSSR count). The van der Waals surface area contributed by atoms with E-state index in [1.807, 2.05) is 13.8 Å². The van der Waals surface area contributed by atoms with E-state index in [9.17, 15) is 5.11 Å². The molecule has 18 heavy (non-hydrogen) atoms. The molecule has 1 aromatic rings. The first-order chi connectivity index (χ1) is 8.39. The largest absolute Gasteiger partial charge is 0.492 e. The number of benzene rings is 1. The topological polar surface area (TPSA) is 53.2 Å². The highest BCUT2D eigenvalue weighted by Crippen LogP contribution is 2.33. The van der Waals surface area contributed by atoms with Gasteiger partial charge in [0.1, 0.15) is 5.75 Å². The second-order valence-electron chi connectivity index (χ2n) is 4.63. The standard InChI is InChI=1S/C13H15Cl2NO2/c1-13(2,8-16)3-4-18-12-9(7-17)5-10(14)6-11(12)15/h5-6,17H,3-4,7H2,1-2H3. The summed E-state index contributed by atoms with van der Waals surface area (Å²) in [6, 6.07) is 5.37. The lowest BCUT2D eigenvalue weighted by Gasteiger charge is -2.17. The normalized spacial score (nSPS) is 11.1. The fourth-order valence-corrected chi connectivity index (χ4v) is 1.95. The number of nitrogens with zero attached hydrogens (tertiary/aromatic N) is 1. The van der Waals surface area contributed by atoms with Crippen LogP contribution in [0.15, 0.2) is 12.1 Å². The molecule has 0 saturated heterocycles. The van der Waals surface area contributed by atoms with E-state index in [1.165, 1.54) is 0 Å². The maximum Gasteiger partial charge on any atom is 0.143 e. The lowest BCUT2D eigenvalue weighted by atomic mass is 9.92. The molecule has 1 N–H and O–H groups in total. The maximum atomic E-state index is 9.22. The molecule has 0 heterocycles. The van der Waals surface area contributed by atoms with Gasteiger partial charge in [-0.3, -0.25) is 0 Å². The van der Waals surface area contributed by atoms with Gasteiger partial charge in [-0.2, -0.15) is 5.26 Å². The Kier molecular flexibility index (Phi) is 5.28. The van der Waals surface area contributed by atoms with Crippen molar-refractivity contribution in [3.8, 4) is 11.8 Å². The first-order valence-electron chi connectivity index (χ1n) is 5.52. The van der Waals surface area contributed by atoms with Crippen LogP contribution in [0.5, 0.6) is 5.75 Å². The minimum absolute atomic E-state index is 0.197. The Bertz CT molecular complexity index is 467. The zero-order chi connectivity index (χ0) is 13.8. The molecule has 0 bridgehead atoms. The van der Waals surface area contributed by atoms with Crippen molar-refractivity contribution in [3.05, 3.63) is 27.7 Å². The number of halogens is 2. The van der Waals surface area contributed by atoms with E-state index >= 15 is 0 Å². The minimum atomic E-state index is -0.446. The molecule has 0 spiro atoms. The van der Waals surface area contributed by atoms with E-state index in [-0.39, 0.29) is 6.61 Å². The summed E-state index contributed by atoms with van der Waals surface area (Å²) in [6.45, 7) is 3.84. The second kappa shape index (κ2) is 6.29. The SMILES string of the molecule is CC(C)(C#N)CCOc1c(Cl)cc(Cl)cc1CO. The number of ether oxygens (including phenoxy) is 1. The van der Waals surface area contributed by atoms with Crippen LogP contribution in [-0.2, 0) is 6.61 Å². The van der Waals surface area contributed by atoms with Gasteiger partial charge in [0, 0.05) is 10.6 Å². The third-order valence-electron chi connectivity index (χ3n) is 2.53. The van der Waals surface area contributed by atoms with Crippen molar-refractivity contribution in [2.24, 2.45) is 5.41 Å².